The third-order valence-electron chi connectivity index (χ3n) is 4.14. The number of fused-ring (bicyclic) bond motifs is 1. The highest BCUT2D eigenvalue weighted by Gasteiger charge is 2.36. The minimum Gasteiger partial charge on any atom is -0.192 e. The van der Waals surface area contributed by atoms with Crippen LogP contribution in [0.3, 0.4) is 0 Å². The van der Waals surface area contributed by atoms with Crippen LogP contribution in [-0.4, -0.2) is 0 Å². The topological polar surface area (TPSA) is 23.8 Å². The Balaban J connectivity index is 2.40. The van der Waals surface area contributed by atoms with Crippen LogP contribution in [-0.2, 0) is 11.8 Å². The molecular formula is C16H21N. The van der Waals surface area contributed by atoms with Gasteiger partial charge >= 0.3 is 0 Å². The summed E-state index contributed by atoms with van der Waals surface area (Å²) in [6.07, 6.45) is 7.52. The Hall–Kier alpha value is -1.29. The largest absolute Gasteiger partial charge is 0.192 e. The number of aryl methyl sites for hydroxylation is 1. The number of hydrogen-bond donors (Lipinski definition) is 0. The smallest absolute Gasteiger partial charge is 0.0991 e. The van der Waals surface area contributed by atoms with Crippen molar-refractivity contribution in [3.8, 4) is 6.07 Å². The van der Waals surface area contributed by atoms with E-state index in [1.807, 2.05) is 6.07 Å². The predicted octanol–water partition coefficient (Wildman–Crippen LogP) is 4.34. The molecule has 0 saturated heterocycles. The average Bonchev–Trinajstić information content (AvgIpc) is 2.69. The van der Waals surface area contributed by atoms with Crippen molar-refractivity contribution in [2.45, 2.75) is 57.8 Å². The van der Waals surface area contributed by atoms with Crippen molar-refractivity contribution in [3.05, 3.63) is 34.9 Å². The molecule has 0 fully saturated rings. The predicted molar refractivity (Wildman–Crippen MR) is 71.0 cm³/mol. The highest BCUT2D eigenvalue weighted by atomic mass is 14.4. The lowest BCUT2D eigenvalue weighted by Crippen LogP contribution is -2.22. The second kappa shape index (κ2) is 4.92. The minimum atomic E-state index is 0.410. The average molecular weight is 227 g/mol. The van der Waals surface area contributed by atoms with Gasteiger partial charge in [-0.25, -0.2) is 0 Å². The quantitative estimate of drug-likeness (QED) is 0.750. The van der Waals surface area contributed by atoms with Crippen LogP contribution < -0.4 is 0 Å². The fourth-order valence-electron chi connectivity index (χ4n) is 3.50. The monoisotopic (exact) mass is 227 g/mol. The zero-order chi connectivity index (χ0) is 12.3. The van der Waals surface area contributed by atoms with Gasteiger partial charge in [-0.2, -0.15) is 5.26 Å². The Morgan fingerprint density at radius 3 is 2.53 bits per heavy atom. The maximum Gasteiger partial charge on any atom is 0.0991 e. The van der Waals surface area contributed by atoms with Gasteiger partial charge in [0.15, 0.2) is 0 Å². The normalized spacial score (nSPS) is 16.5. The molecule has 1 heteroatoms. The molecule has 0 radical (unpaired) electrons. The number of benzene rings is 1. The molecular weight excluding hydrogens is 206 g/mol. The fourth-order valence-corrected chi connectivity index (χ4v) is 3.50. The molecule has 0 spiro atoms. The Morgan fingerprint density at radius 1 is 1.24 bits per heavy atom. The van der Waals surface area contributed by atoms with Crippen LogP contribution in [0.4, 0.5) is 0 Å². The van der Waals surface area contributed by atoms with E-state index in [9.17, 15) is 0 Å². The SMILES string of the molecule is CCCC1(CCC)CCc2cc(C#N)ccc21. The summed E-state index contributed by atoms with van der Waals surface area (Å²) in [5, 5.41) is 8.96. The summed E-state index contributed by atoms with van der Waals surface area (Å²) in [4.78, 5) is 0. The summed E-state index contributed by atoms with van der Waals surface area (Å²) >= 11 is 0. The molecule has 0 atom stereocenters. The van der Waals surface area contributed by atoms with Gasteiger partial charge in [0.05, 0.1) is 11.6 Å². The third-order valence-corrected chi connectivity index (χ3v) is 4.14. The Kier molecular flexibility index (Phi) is 3.52. The van der Waals surface area contributed by atoms with E-state index in [-0.39, 0.29) is 0 Å². The molecule has 0 unspecified atom stereocenters. The van der Waals surface area contributed by atoms with Crippen molar-refractivity contribution < 1.29 is 0 Å². The highest BCUT2D eigenvalue weighted by Crippen LogP contribution is 2.45. The molecule has 1 aromatic carbocycles. The minimum absolute atomic E-state index is 0.410. The molecule has 0 bridgehead atoms. The van der Waals surface area contributed by atoms with Crippen molar-refractivity contribution in [3.63, 3.8) is 0 Å². The Morgan fingerprint density at radius 2 is 1.94 bits per heavy atom. The summed E-state index contributed by atoms with van der Waals surface area (Å²) in [5.74, 6) is 0. The van der Waals surface area contributed by atoms with E-state index in [0.717, 1.165) is 12.0 Å². The summed E-state index contributed by atoms with van der Waals surface area (Å²) in [5.41, 5.74) is 4.17. The molecule has 0 N–H and O–H groups in total. The lowest BCUT2D eigenvalue weighted by molar-refractivity contribution is 0.354. The molecule has 1 aromatic rings. The van der Waals surface area contributed by atoms with Crippen LogP contribution in [0.25, 0.3) is 0 Å². The molecule has 0 heterocycles. The Bertz CT molecular complexity index is 433. The molecule has 90 valence electrons. The lowest BCUT2D eigenvalue weighted by atomic mass is 9.74. The fraction of sp³-hybridized carbons (Fsp3) is 0.562. The maximum absolute atomic E-state index is 8.96. The van der Waals surface area contributed by atoms with Gasteiger partial charge in [0, 0.05) is 0 Å². The van der Waals surface area contributed by atoms with E-state index in [2.05, 4.69) is 32.0 Å². The number of rotatable bonds is 4. The standard InChI is InChI=1S/C16H21N/c1-3-8-16(9-4-2)10-7-14-11-13(12-17)5-6-15(14)16/h5-6,11H,3-4,7-10H2,1-2H3. The number of hydrogen-bond acceptors (Lipinski definition) is 1. The highest BCUT2D eigenvalue weighted by molar-refractivity contribution is 5.45. The van der Waals surface area contributed by atoms with E-state index in [4.69, 9.17) is 5.26 Å². The molecule has 0 aliphatic heterocycles. The van der Waals surface area contributed by atoms with Crippen molar-refractivity contribution in [2.75, 3.05) is 0 Å². The van der Waals surface area contributed by atoms with Gasteiger partial charge in [-0.15, -0.1) is 0 Å². The zero-order valence-electron chi connectivity index (χ0n) is 10.9. The molecule has 1 aliphatic carbocycles. The Labute approximate surface area is 104 Å². The van der Waals surface area contributed by atoms with Crippen LogP contribution in [0.15, 0.2) is 18.2 Å². The van der Waals surface area contributed by atoms with Crippen molar-refractivity contribution in [1.82, 2.24) is 0 Å². The molecule has 0 amide bonds. The van der Waals surface area contributed by atoms with Gasteiger partial charge in [0.2, 0.25) is 0 Å². The second-order valence-corrected chi connectivity index (χ2v) is 5.26. The van der Waals surface area contributed by atoms with Gasteiger partial charge < -0.3 is 0 Å². The third kappa shape index (κ3) is 2.09. The van der Waals surface area contributed by atoms with Gasteiger partial charge in [0.1, 0.15) is 0 Å². The van der Waals surface area contributed by atoms with Gasteiger partial charge in [-0.1, -0.05) is 32.8 Å². The van der Waals surface area contributed by atoms with E-state index in [0.29, 0.717) is 5.41 Å². The van der Waals surface area contributed by atoms with Crippen LogP contribution in [0.2, 0.25) is 0 Å². The van der Waals surface area contributed by atoms with Crippen LogP contribution in [0.5, 0.6) is 0 Å². The first kappa shape index (κ1) is 12.2. The van der Waals surface area contributed by atoms with E-state index in [1.165, 1.54) is 43.2 Å². The van der Waals surface area contributed by atoms with Gasteiger partial charge in [-0.3, -0.25) is 0 Å². The first-order chi connectivity index (χ1) is 8.25. The number of nitriles is 1. The first-order valence-electron chi connectivity index (χ1n) is 6.79. The van der Waals surface area contributed by atoms with E-state index >= 15 is 0 Å². The summed E-state index contributed by atoms with van der Waals surface area (Å²) in [7, 11) is 0. The van der Waals surface area contributed by atoms with E-state index < -0.39 is 0 Å². The molecule has 0 saturated carbocycles. The van der Waals surface area contributed by atoms with Gasteiger partial charge in [0.25, 0.3) is 0 Å². The van der Waals surface area contributed by atoms with Gasteiger partial charge in [-0.05, 0) is 54.4 Å². The van der Waals surface area contributed by atoms with Crippen LogP contribution in [0, 0.1) is 11.3 Å². The summed E-state index contributed by atoms with van der Waals surface area (Å²) in [6.45, 7) is 4.55. The van der Waals surface area contributed by atoms with Crippen LogP contribution in [0.1, 0.15) is 62.6 Å². The molecule has 1 nitrogen and oxygen atoms in total. The van der Waals surface area contributed by atoms with E-state index in [1.54, 1.807) is 0 Å². The molecule has 17 heavy (non-hydrogen) atoms. The van der Waals surface area contributed by atoms with Crippen molar-refractivity contribution >= 4 is 0 Å². The summed E-state index contributed by atoms with van der Waals surface area (Å²) < 4.78 is 0. The lowest BCUT2D eigenvalue weighted by Gasteiger charge is -2.30. The summed E-state index contributed by atoms with van der Waals surface area (Å²) in [6, 6.07) is 8.55. The van der Waals surface area contributed by atoms with Crippen LogP contribution >= 0.6 is 0 Å². The molecule has 1 aliphatic rings. The zero-order valence-corrected chi connectivity index (χ0v) is 10.9. The molecule has 2 rings (SSSR count). The van der Waals surface area contributed by atoms with Crippen molar-refractivity contribution in [1.29, 1.82) is 5.26 Å². The number of nitrogens with zero attached hydrogens (tertiary/aromatic N) is 1. The first-order valence-corrected chi connectivity index (χ1v) is 6.79. The maximum atomic E-state index is 8.96. The van der Waals surface area contributed by atoms with Crippen molar-refractivity contribution in [2.24, 2.45) is 0 Å². The second-order valence-electron chi connectivity index (χ2n) is 5.26. The molecule has 0 aromatic heterocycles.